The number of likely N-dealkylation sites (tertiary alicyclic amines) is 1. The van der Waals surface area contributed by atoms with Crippen LogP contribution in [0.5, 0.6) is 11.5 Å². The Morgan fingerprint density at radius 3 is 2.37 bits per heavy atom. The maximum atomic E-state index is 13.9. The predicted octanol–water partition coefficient (Wildman–Crippen LogP) is 6.32. The highest BCUT2D eigenvalue weighted by molar-refractivity contribution is 7.98. The summed E-state index contributed by atoms with van der Waals surface area (Å²) in [6.45, 7) is 20.3. The van der Waals surface area contributed by atoms with Gasteiger partial charge in [-0.25, -0.2) is 4.98 Å². The van der Waals surface area contributed by atoms with E-state index in [0.29, 0.717) is 28.2 Å². The second kappa shape index (κ2) is 13.6. The zero-order valence-electron chi connectivity index (χ0n) is 30.4. The van der Waals surface area contributed by atoms with Crippen LogP contribution in [0.15, 0.2) is 40.2 Å². The predicted molar refractivity (Wildman–Crippen MR) is 195 cm³/mol. The molecule has 1 aromatic carbocycles. The number of morpholine rings is 1. The van der Waals surface area contributed by atoms with E-state index in [1.807, 2.05) is 57.5 Å². The van der Waals surface area contributed by atoms with Gasteiger partial charge in [-0.3, -0.25) is 14.5 Å². The Morgan fingerprint density at radius 1 is 1.08 bits per heavy atom. The lowest BCUT2D eigenvalue weighted by Crippen LogP contribution is -2.52. The standard InChI is InChI=1S/C38H51N5O5S/c1-22-16-31(49-9)30(36(45)41-22)19-40-35(44)28-17-29(26-10-11-32(39-18-26)42-20-23(2)46-24(3)21-42)34-33(25(28)4)47-38(8,48-34)27-12-14-43(15-13-27)37(5,6)7/h10-11,16-18,23-24,27H,12-15,19-21H2,1-9H3,(H,40,44)(H,41,45)/t23-,24+,38?. The summed E-state index contributed by atoms with van der Waals surface area (Å²) >= 11 is 1.49. The van der Waals surface area contributed by atoms with Crippen molar-refractivity contribution < 1.29 is 19.0 Å². The minimum Gasteiger partial charge on any atom is -0.448 e. The molecular weight excluding hydrogens is 639 g/mol. The first-order chi connectivity index (χ1) is 23.2. The van der Waals surface area contributed by atoms with E-state index in [0.717, 1.165) is 66.6 Å². The molecule has 1 amide bonds. The highest BCUT2D eigenvalue weighted by Gasteiger charge is 2.48. The summed E-state index contributed by atoms with van der Waals surface area (Å²) in [6.07, 6.45) is 5.90. The number of piperidine rings is 1. The Hall–Kier alpha value is -3.54. The van der Waals surface area contributed by atoms with Gasteiger partial charge in [-0.2, -0.15) is 0 Å². The summed E-state index contributed by atoms with van der Waals surface area (Å²) in [5.74, 6) is 1.11. The Morgan fingerprint density at radius 2 is 1.76 bits per heavy atom. The van der Waals surface area contributed by atoms with E-state index in [-0.39, 0.29) is 41.7 Å². The van der Waals surface area contributed by atoms with Crippen LogP contribution in [0.2, 0.25) is 0 Å². The molecule has 49 heavy (non-hydrogen) atoms. The molecule has 2 aromatic heterocycles. The van der Waals surface area contributed by atoms with E-state index in [4.69, 9.17) is 19.2 Å². The van der Waals surface area contributed by atoms with Crippen LogP contribution in [-0.4, -0.2) is 76.7 Å². The van der Waals surface area contributed by atoms with E-state index in [1.165, 1.54) is 11.8 Å². The smallest absolute Gasteiger partial charge is 0.254 e. The number of benzene rings is 1. The SMILES string of the molecule is CSc1cc(C)[nH]c(=O)c1CNC(=O)c1cc(-c2ccc(N3C[C@@H](C)O[C@@H](C)C3)nc2)c2c(c1C)OC(C)(C1CCN(C(C)(C)C)CC1)O2. The van der Waals surface area contributed by atoms with E-state index >= 15 is 0 Å². The molecule has 2 fully saturated rings. The van der Waals surface area contributed by atoms with Crippen LogP contribution in [0, 0.1) is 19.8 Å². The van der Waals surface area contributed by atoms with Crippen LogP contribution in [0.25, 0.3) is 11.1 Å². The number of H-pyrrole nitrogens is 1. The molecule has 2 N–H and O–H groups in total. The average molecular weight is 690 g/mol. The number of carbonyl (C=O) groups excluding carboxylic acids is 1. The summed E-state index contributed by atoms with van der Waals surface area (Å²) in [4.78, 5) is 40.1. The molecule has 2 saturated heterocycles. The molecule has 6 rings (SSSR count). The number of nitrogens with one attached hydrogen (secondary N) is 2. The summed E-state index contributed by atoms with van der Waals surface area (Å²) in [5, 5.41) is 3.02. The van der Waals surface area contributed by atoms with Gasteiger partial charge in [0.1, 0.15) is 5.82 Å². The molecule has 0 aliphatic carbocycles. The van der Waals surface area contributed by atoms with Crippen molar-refractivity contribution in [2.75, 3.05) is 37.3 Å². The van der Waals surface area contributed by atoms with Gasteiger partial charge in [0.25, 0.3) is 17.3 Å². The molecule has 0 radical (unpaired) electrons. The molecule has 5 heterocycles. The number of hydrogen-bond acceptors (Lipinski definition) is 9. The molecule has 11 heteroatoms. The molecule has 3 aliphatic heterocycles. The van der Waals surface area contributed by atoms with Gasteiger partial charge < -0.3 is 29.4 Å². The fourth-order valence-corrected chi connectivity index (χ4v) is 8.18. The number of pyridine rings is 2. The summed E-state index contributed by atoms with van der Waals surface area (Å²) in [6, 6.07) is 7.87. The summed E-state index contributed by atoms with van der Waals surface area (Å²) < 4.78 is 19.6. The molecule has 1 unspecified atom stereocenters. The average Bonchev–Trinajstić information content (AvgIpc) is 3.42. The number of amides is 1. The molecule has 3 aliphatic rings. The van der Waals surface area contributed by atoms with Crippen molar-refractivity contribution in [3.05, 3.63) is 63.2 Å². The van der Waals surface area contributed by atoms with Gasteiger partial charge in [-0.1, -0.05) is 0 Å². The topological polar surface area (TPSA) is 109 Å². The zero-order chi connectivity index (χ0) is 35.2. The van der Waals surface area contributed by atoms with Crippen LogP contribution < -0.4 is 25.2 Å². The first-order valence-corrected chi connectivity index (χ1v) is 18.6. The number of rotatable bonds is 7. The van der Waals surface area contributed by atoms with Crippen molar-refractivity contribution in [2.45, 2.75) is 103 Å². The number of aromatic amines is 1. The number of hydrogen-bond donors (Lipinski definition) is 2. The zero-order valence-corrected chi connectivity index (χ0v) is 31.2. The highest BCUT2D eigenvalue weighted by atomic mass is 32.2. The van der Waals surface area contributed by atoms with Gasteiger partial charge in [-0.05, 0) is 105 Å². The second-order valence-corrected chi connectivity index (χ2v) is 15.8. The minimum atomic E-state index is -0.878. The first kappa shape index (κ1) is 35.3. The van der Waals surface area contributed by atoms with Gasteiger partial charge in [0, 0.05) is 82.6 Å². The highest BCUT2D eigenvalue weighted by Crippen LogP contribution is 2.52. The molecule has 3 aromatic rings. The Bertz CT molecular complexity index is 1750. The molecule has 0 spiro atoms. The molecule has 264 valence electrons. The van der Waals surface area contributed by atoms with E-state index < -0.39 is 5.79 Å². The number of aromatic nitrogens is 2. The van der Waals surface area contributed by atoms with E-state index in [2.05, 4.69) is 54.7 Å². The van der Waals surface area contributed by atoms with Gasteiger partial charge in [0.15, 0.2) is 11.5 Å². The maximum absolute atomic E-state index is 13.9. The number of fused-ring (bicyclic) bond motifs is 1. The number of ether oxygens (including phenoxy) is 3. The lowest BCUT2D eigenvalue weighted by Gasteiger charge is -2.44. The van der Waals surface area contributed by atoms with Crippen molar-refractivity contribution in [3.63, 3.8) is 0 Å². The van der Waals surface area contributed by atoms with Crippen molar-refractivity contribution >= 4 is 23.5 Å². The monoisotopic (exact) mass is 689 g/mol. The molecule has 0 saturated carbocycles. The number of anilines is 1. The minimum absolute atomic E-state index is 0.102. The third-order valence-electron chi connectivity index (χ3n) is 10.2. The Kier molecular flexibility index (Phi) is 9.82. The van der Waals surface area contributed by atoms with Gasteiger partial charge in [0.2, 0.25) is 0 Å². The third-order valence-corrected chi connectivity index (χ3v) is 11.0. The van der Waals surface area contributed by atoms with Gasteiger partial charge in [-0.15, -0.1) is 11.8 Å². The lowest BCUT2D eigenvalue weighted by molar-refractivity contribution is -0.128. The Labute approximate surface area is 294 Å². The number of nitrogens with zero attached hydrogens (tertiary/aromatic N) is 3. The number of carbonyl (C=O) groups is 1. The van der Waals surface area contributed by atoms with Gasteiger partial charge in [0.05, 0.1) is 12.2 Å². The molecule has 0 bridgehead atoms. The fourth-order valence-electron chi connectivity index (χ4n) is 7.47. The van der Waals surface area contributed by atoms with Crippen LogP contribution in [0.3, 0.4) is 0 Å². The molecular formula is C38H51N5O5S. The van der Waals surface area contributed by atoms with Crippen molar-refractivity contribution in [1.82, 2.24) is 20.2 Å². The maximum Gasteiger partial charge on any atom is 0.254 e. The normalized spacial score (nSPS) is 23.2. The number of aryl methyl sites for hydroxylation is 1. The molecule has 10 nitrogen and oxygen atoms in total. The summed E-state index contributed by atoms with van der Waals surface area (Å²) in [7, 11) is 0. The van der Waals surface area contributed by atoms with E-state index in [1.54, 1.807) is 0 Å². The fraction of sp³-hybridized carbons (Fsp3) is 0.553. The largest absolute Gasteiger partial charge is 0.448 e. The van der Waals surface area contributed by atoms with Crippen molar-refractivity contribution in [3.8, 4) is 22.6 Å². The van der Waals surface area contributed by atoms with Crippen LogP contribution >= 0.6 is 11.8 Å². The van der Waals surface area contributed by atoms with Gasteiger partial charge >= 0.3 is 0 Å². The van der Waals surface area contributed by atoms with Crippen LogP contribution in [0.1, 0.15) is 81.6 Å². The van der Waals surface area contributed by atoms with Crippen molar-refractivity contribution in [2.24, 2.45) is 5.92 Å². The van der Waals surface area contributed by atoms with Crippen LogP contribution in [-0.2, 0) is 11.3 Å². The Balaban J connectivity index is 1.33. The lowest BCUT2D eigenvalue weighted by atomic mass is 9.87. The third kappa shape index (κ3) is 7.21. The first-order valence-electron chi connectivity index (χ1n) is 17.4. The molecule has 3 atom stereocenters. The summed E-state index contributed by atoms with van der Waals surface area (Å²) in [5.41, 5.74) is 3.98. The van der Waals surface area contributed by atoms with Crippen LogP contribution in [0.4, 0.5) is 5.82 Å². The van der Waals surface area contributed by atoms with E-state index in [9.17, 15) is 9.59 Å². The quantitative estimate of drug-likeness (QED) is 0.276. The number of thioether (sulfide) groups is 1. The van der Waals surface area contributed by atoms with Crippen molar-refractivity contribution in [1.29, 1.82) is 0 Å². The second-order valence-electron chi connectivity index (χ2n) is 15.0.